The second-order valence-electron chi connectivity index (χ2n) is 5.14. The molecule has 1 aliphatic rings. The van der Waals surface area contributed by atoms with Gasteiger partial charge in [-0.25, -0.2) is 4.39 Å². The largest absolute Gasteiger partial charge is 0.395 e. The van der Waals surface area contributed by atoms with Gasteiger partial charge in [-0.15, -0.1) is 0 Å². The Morgan fingerprint density at radius 1 is 1.32 bits per heavy atom. The van der Waals surface area contributed by atoms with Gasteiger partial charge in [-0.2, -0.15) is 0 Å². The summed E-state index contributed by atoms with van der Waals surface area (Å²) in [6.07, 6.45) is 2.34. The molecule has 1 heterocycles. The maximum Gasteiger partial charge on any atom is 0.261 e. The van der Waals surface area contributed by atoms with Gasteiger partial charge in [0.25, 0.3) is 11.8 Å². The molecule has 0 saturated carbocycles. The highest BCUT2D eigenvalue weighted by atomic mass is 19.1. The molecule has 0 radical (unpaired) electrons. The zero-order valence-corrected chi connectivity index (χ0v) is 12.4. The summed E-state index contributed by atoms with van der Waals surface area (Å²) in [4.78, 5) is 25.1. The molecular weight excluding hydrogens is 287 g/mol. The highest BCUT2D eigenvalue weighted by molar-refractivity contribution is 6.21. The predicted octanol–water partition coefficient (Wildman–Crippen LogP) is 1.50. The number of nitrogens with zero attached hydrogens (tertiary/aromatic N) is 1. The van der Waals surface area contributed by atoms with Gasteiger partial charge in [0.05, 0.1) is 24.3 Å². The van der Waals surface area contributed by atoms with E-state index in [2.05, 4.69) is 5.32 Å². The van der Waals surface area contributed by atoms with Gasteiger partial charge in [0.1, 0.15) is 5.83 Å². The molecular formula is C16H19FN2O3. The number of amides is 2. The fourth-order valence-corrected chi connectivity index (χ4v) is 2.37. The summed E-state index contributed by atoms with van der Waals surface area (Å²) < 4.78 is 13.9. The smallest absolute Gasteiger partial charge is 0.261 e. The maximum atomic E-state index is 13.9. The molecule has 0 spiro atoms. The van der Waals surface area contributed by atoms with Crippen molar-refractivity contribution in [2.24, 2.45) is 0 Å². The predicted molar refractivity (Wildman–Crippen MR) is 80.2 cm³/mol. The SMILES string of the molecule is CN[C@H](CO)CCC=C(F)CN1C(=O)c2ccccc2C1=O. The number of imide groups is 1. The number of hydrogen-bond donors (Lipinski definition) is 2. The molecule has 5 nitrogen and oxygen atoms in total. The summed E-state index contributed by atoms with van der Waals surface area (Å²) in [6, 6.07) is 6.38. The van der Waals surface area contributed by atoms with Crippen molar-refractivity contribution >= 4 is 11.8 Å². The quantitative estimate of drug-likeness (QED) is 0.749. The molecule has 1 aromatic rings. The first-order valence-electron chi connectivity index (χ1n) is 7.16. The lowest BCUT2D eigenvalue weighted by Gasteiger charge is -2.13. The van der Waals surface area contributed by atoms with E-state index in [-0.39, 0.29) is 19.2 Å². The average molecular weight is 306 g/mol. The minimum absolute atomic E-state index is 0.0234. The number of aliphatic hydroxyl groups excluding tert-OH is 1. The Morgan fingerprint density at radius 2 is 1.91 bits per heavy atom. The highest BCUT2D eigenvalue weighted by Crippen LogP contribution is 2.23. The number of allylic oxidation sites excluding steroid dienone is 1. The summed E-state index contributed by atoms with van der Waals surface area (Å²) in [7, 11) is 1.72. The first-order valence-corrected chi connectivity index (χ1v) is 7.16. The molecule has 1 aromatic carbocycles. The Bertz CT molecular complexity index is 562. The molecule has 2 N–H and O–H groups in total. The zero-order chi connectivity index (χ0) is 16.1. The second kappa shape index (κ2) is 7.29. The fraction of sp³-hybridized carbons (Fsp3) is 0.375. The van der Waals surface area contributed by atoms with E-state index in [1.165, 1.54) is 6.08 Å². The van der Waals surface area contributed by atoms with Crippen molar-refractivity contribution in [3.63, 3.8) is 0 Å². The lowest BCUT2D eigenvalue weighted by Crippen LogP contribution is -2.31. The molecule has 2 rings (SSSR count). The van der Waals surface area contributed by atoms with E-state index >= 15 is 0 Å². The average Bonchev–Trinajstić information content (AvgIpc) is 2.77. The molecule has 6 heteroatoms. The van der Waals surface area contributed by atoms with Gasteiger partial charge in [-0.1, -0.05) is 18.2 Å². The van der Waals surface area contributed by atoms with Gasteiger partial charge in [0, 0.05) is 6.04 Å². The molecule has 0 unspecified atom stereocenters. The van der Waals surface area contributed by atoms with Gasteiger partial charge in [0.2, 0.25) is 0 Å². The van der Waals surface area contributed by atoms with Gasteiger partial charge in [-0.3, -0.25) is 14.5 Å². The minimum atomic E-state index is -0.526. The van der Waals surface area contributed by atoms with Crippen LogP contribution >= 0.6 is 0 Å². The Hall–Kier alpha value is -2.05. The van der Waals surface area contributed by atoms with Crippen molar-refractivity contribution in [1.82, 2.24) is 10.2 Å². The van der Waals surface area contributed by atoms with Crippen LogP contribution in [0.15, 0.2) is 36.2 Å². The van der Waals surface area contributed by atoms with Crippen LogP contribution in [0.2, 0.25) is 0 Å². The Balaban J connectivity index is 1.97. The molecule has 0 aliphatic carbocycles. The number of nitrogens with one attached hydrogen (secondary N) is 1. The van der Waals surface area contributed by atoms with E-state index in [1.807, 2.05) is 0 Å². The summed E-state index contributed by atoms with van der Waals surface area (Å²) >= 11 is 0. The van der Waals surface area contributed by atoms with Crippen molar-refractivity contribution in [3.8, 4) is 0 Å². The molecule has 0 aromatic heterocycles. The Morgan fingerprint density at radius 3 is 2.41 bits per heavy atom. The van der Waals surface area contributed by atoms with Crippen LogP contribution in [0.3, 0.4) is 0 Å². The van der Waals surface area contributed by atoms with Gasteiger partial charge < -0.3 is 10.4 Å². The molecule has 118 valence electrons. The molecule has 0 saturated heterocycles. The third-order valence-electron chi connectivity index (χ3n) is 3.70. The number of carbonyl (C=O) groups excluding carboxylic acids is 2. The first kappa shape index (κ1) is 16.3. The number of carbonyl (C=O) groups is 2. The topological polar surface area (TPSA) is 69.6 Å². The van der Waals surface area contributed by atoms with Gasteiger partial charge >= 0.3 is 0 Å². The maximum absolute atomic E-state index is 13.9. The van der Waals surface area contributed by atoms with Crippen LogP contribution in [0.25, 0.3) is 0 Å². The normalized spacial score (nSPS) is 16.1. The van der Waals surface area contributed by atoms with Crippen molar-refractivity contribution in [3.05, 3.63) is 47.3 Å². The van der Waals surface area contributed by atoms with Crippen molar-refractivity contribution in [2.45, 2.75) is 18.9 Å². The molecule has 1 atom stereocenters. The third-order valence-corrected chi connectivity index (χ3v) is 3.70. The summed E-state index contributed by atoms with van der Waals surface area (Å²) in [5.74, 6) is -1.46. The Kier molecular flexibility index (Phi) is 5.41. The zero-order valence-electron chi connectivity index (χ0n) is 12.4. The van der Waals surface area contributed by atoms with Crippen LogP contribution in [0.5, 0.6) is 0 Å². The van der Waals surface area contributed by atoms with Crippen LogP contribution < -0.4 is 5.32 Å². The van der Waals surface area contributed by atoms with E-state index in [0.29, 0.717) is 24.0 Å². The summed E-state index contributed by atoms with van der Waals surface area (Å²) in [5.41, 5.74) is 0.631. The van der Waals surface area contributed by atoms with Crippen LogP contribution in [0.1, 0.15) is 33.6 Å². The van der Waals surface area contributed by atoms with E-state index in [9.17, 15) is 14.0 Å². The van der Waals surface area contributed by atoms with E-state index in [0.717, 1.165) is 4.90 Å². The van der Waals surface area contributed by atoms with Crippen molar-refractivity contribution in [1.29, 1.82) is 0 Å². The van der Waals surface area contributed by atoms with Crippen LogP contribution in [-0.2, 0) is 0 Å². The van der Waals surface area contributed by atoms with Crippen molar-refractivity contribution < 1.29 is 19.1 Å². The number of rotatable bonds is 7. The first-order chi connectivity index (χ1) is 10.6. The molecule has 1 aliphatic heterocycles. The number of likely N-dealkylation sites (N-methyl/N-ethyl adjacent to an activating group) is 1. The number of halogens is 1. The number of benzene rings is 1. The van der Waals surface area contributed by atoms with Crippen LogP contribution in [-0.4, -0.2) is 48.1 Å². The molecule has 0 bridgehead atoms. The lowest BCUT2D eigenvalue weighted by molar-refractivity contribution is 0.0660. The lowest BCUT2D eigenvalue weighted by atomic mass is 10.1. The van der Waals surface area contributed by atoms with Gasteiger partial charge in [0.15, 0.2) is 0 Å². The molecule has 0 fully saturated rings. The van der Waals surface area contributed by atoms with Crippen LogP contribution in [0, 0.1) is 0 Å². The van der Waals surface area contributed by atoms with Crippen LogP contribution in [0.4, 0.5) is 4.39 Å². The summed E-state index contributed by atoms with van der Waals surface area (Å²) in [6.45, 7) is -0.375. The van der Waals surface area contributed by atoms with E-state index in [4.69, 9.17) is 5.11 Å². The van der Waals surface area contributed by atoms with Crippen molar-refractivity contribution in [2.75, 3.05) is 20.2 Å². The molecule has 2 amide bonds. The van der Waals surface area contributed by atoms with E-state index < -0.39 is 17.6 Å². The number of hydrogen-bond acceptors (Lipinski definition) is 4. The standard InChI is InChI=1S/C16H19FN2O3/c1-18-12(10-20)6-4-5-11(17)9-19-15(21)13-7-2-3-8-14(13)16(19)22/h2-3,5,7-8,12,18,20H,4,6,9-10H2,1H3/t12-/m0/s1. The molecule has 22 heavy (non-hydrogen) atoms. The highest BCUT2D eigenvalue weighted by Gasteiger charge is 2.35. The Labute approximate surface area is 128 Å². The number of fused-ring (bicyclic) bond motifs is 1. The number of aliphatic hydroxyl groups is 1. The van der Waals surface area contributed by atoms with E-state index in [1.54, 1.807) is 31.3 Å². The summed E-state index contributed by atoms with van der Waals surface area (Å²) in [5, 5.41) is 11.9. The monoisotopic (exact) mass is 306 g/mol. The fourth-order valence-electron chi connectivity index (χ4n) is 2.37. The minimum Gasteiger partial charge on any atom is -0.395 e. The van der Waals surface area contributed by atoms with Gasteiger partial charge in [-0.05, 0) is 32.0 Å². The second-order valence-corrected chi connectivity index (χ2v) is 5.14. The third kappa shape index (κ3) is 3.40.